The summed E-state index contributed by atoms with van der Waals surface area (Å²) in [6, 6.07) is 4.90. The van der Waals surface area contributed by atoms with Crippen molar-refractivity contribution in [3.8, 4) is 0 Å². The maximum absolute atomic E-state index is 13.2. The van der Waals surface area contributed by atoms with Crippen LogP contribution >= 0.6 is 0 Å². The number of carbonyl (C=O) groups excluding carboxylic acids is 3. The van der Waals surface area contributed by atoms with E-state index >= 15 is 0 Å². The van der Waals surface area contributed by atoms with Crippen LogP contribution in [0.5, 0.6) is 0 Å². The molecule has 1 fully saturated rings. The summed E-state index contributed by atoms with van der Waals surface area (Å²) in [5.41, 5.74) is 2.72. The standard InChI is InChI=1S/C24H29N3O6S/c1-15-22(24(30)33-3)19(25-23(15)16(2)28)14-21(29)27-12-9-17-13-18(7-8-20(17)27)34(31,32)26-10-5-4-6-11-26/h7-8,13,25H,4-6,9-12,14H2,1-3H3. The molecule has 0 bridgehead atoms. The number of nitrogens with one attached hydrogen (secondary N) is 1. The van der Waals surface area contributed by atoms with Crippen LogP contribution in [0.2, 0.25) is 0 Å². The molecule has 2 aliphatic rings. The summed E-state index contributed by atoms with van der Waals surface area (Å²) in [5.74, 6) is -1.11. The number of benzene rings is 1. The van der Waals surface area contributed by atoms with Crippen LogP contribution in [0.3, 0.4) is 0 Å². The minimum Gasteiger partial charge on any atom is -0.465 e. The first kappa shape index (κ1) is 24.2. The Kier molecular flexibility index (Phi) is 6.64. The molecule has 4 rings (SSSR count). The predicted molar refractivity (Wildman–Crippen MR) is 126 cm³/mol. The summed E-state index contributed by atoms with van der Waals surface area (Å²) < 4.78 is 32.5. The van der Waals surface area contributed by atoms with Crippen molar-refractivity contribution in [3.05, 3.63) is 46.3 Å². The zero-order chi connectivity index (χ0) is 24.6. The number of piperidine rings is 1. The summed E-state index contributed by atoms with van der Waals surface area (Å²) in [6.07, 6.45) is 3.19. The quantitative estimate of drug-likeness (QED) is 0.495. The van der Waals surface area contributed by atoms with Crippen LogP contribution in [-0.4, -0.2) is 62.1 Å². The topological polar surface area (TPSA) is 117 Å². The second kappa shape index (κ2) is 9.34. The van der Waals surface area contributed by atoms with Gasteiger partial charge >= 0.3 is 5.97 Å². The van der Waals surface area contributed by atoms with E-state index in [1.807, 2.05) is 0 Å². The van der Waals surface area contributed by atoms with Crippen molar-refractivity contribution >= 4 is 33.4 Å². The van der Waals surface area contributed by atoms with E-state index in [4.69, 9.17) is 4.74 Å². The molecule has 9 nitrogen and oxygen atoms in total. The first-order valence-electron chi connectivity index (χ1n) is 11.4. The number of nitrogens with zero attached hydrogens (tertiary/aromatic N) is 2. The Morgan fingerprint density at radius 1 is 1.09 bits per heavy atom. The number of anilines is 1. The van der Waals surface area contributed by atoms with Gasteiger partial charge in [-0.2, -0.15) is 4.31 Å². The molecule has 1 N–H and O–H groups in total. The van der Waals surface area contributed by atoms with E-state index in [0.29, 0.717) is 43.0 Å². The number of methoxy groups -OCH3 is 1. The fourth-order valence-corrected chi connectivity index (χ4v) is 6.39. The van der Waals surface area contributed by atoms with Gasteiger partial charge in [-0.3, -0.25) is 9.59 Å². The fourth-order valence-electron chi connectivity index (χ4n) is 4.82. The minimum atomic E-state index is -3.56. The highest BCUT2D eigenvalue weighted by Crippen LogP contribution is 2.32. The number of carbonyl (C=O) groups is 3. The normalized spacial score (nSPS) is 16.4. The van der Waals surface area contributed by atoms with Crippen molar-refractivity contribution in [2.45, 2.75) is 50.8 Å². The maximum Gasteiger partial charge on any atom is 0.339 e. The third-order valence-corrected chi connectivity index (χ3v) is 8.49. The van der Waals surface area contributed by atoms with Crippen LogP contribution in [0.25, 0.3) is 0 Å². The summed E-state index contributed by atoms with van der Waals surface area (Å²) in [5, 5.41) is 0. The van der Waals surface area contributed by atoms with E-state index in [-0.39, 0.29) is 34.3 Å². The second-order valence-corrected chi connectivity index (χ2v) is 10.7. The smallest absolute Gasteiger partial charge is 0.339 e. The Bertz CT molecular complexity index is 1260. The highest BCUT2D eigenvalue weighted by atomic mass is 32.2. The molecule has 1 aromatic carbocycles. The number of hydrogen-bond acceptors (Lipinski definition) is 6. The molecule has 0 saturated carbocycles. The van der Waals surface area contributed by atoms with Crippen molar-refractivity contribution in [3.63, 3.8) is 0 Å². The summed E-state index contributed by atoms with van der Waals surface area (Å²) in [7, 11) is -2.31. The minimum absolute atomic E-state index is 0.119. The van der Waals surface area contributed by atoms with Crippen molar-refractivity contribution < 1.29 is 27.5 Å². The molecule has 1 amide bonds. The molecular weight excluding hydrogens is 458 g/mol. The van der Waals surface area contributed by atoms with E-state index in [1.54, 1.807) is 30.0 Å². The monoisotopic (exact) mass is 487 g/mol. The number of hydrogen-bond donors (Lipinski definition) is 1. The van der Waals surface area contributed by atoms with Gasteiger partial charge in [0.05, 0.1) is 29.7 Å². The first-order chi connectivity index (χ1) is 16.1. The number of Topliss-reactive ketones (excluding diaryl/α,β-unsaturated/α-hetero) is 1. The van der Waals surface area contributed by atoms with Crippen LogP contribution in [0, 0.1) is 6.92 Å². The molecule has 1 saturated heterocycles. The fraction of sp³-hybridized carbons (Fsp3) is 0.458. The number of esters is 1. The highest BCUT2D eigenvalue weighted by Gasteiger charge is 2.31. The molecule has 2 aromatic rings. The van der Waals surface area contributed by atoms with Crippen LogP contribution in [-0.2, 0) is 32.4 Å². The molecule has 0 radical (unpaired) electrons. The van der Waals surface area contributed by atoms with Crippen LogP contribution in [0.15, 0.2) is 23.1 Å². The molecule has 0 aliphatic carbocycles. The lowest BCUT2D eigenvalue weighted by Gasteiger charge is -2.26. The SMILES string of the molecule is COC(=O)c1c(CC(=O)N2CCc3cc(S(=O)(=O)N4CCCCC4)ccc32)[nH]c(C(C)=O)c1C. The molecule has 182 valence electrons. The number of amides is 1. The molecule has 2 aliphatic heterocycles. The van der Waals surface area contributed by atoms with E-state index in [1.165, 1.54) is 18.3 Å². The van der Waals surface area contributed by atoms with Gasteiger partial charge in [-0.05, 0) is 55.5 Å². The van der Waals surface area contributed by atoms with Crippen molar-refractivity contribution in [1.29, 1.82) is 0 Å². The molecule has 34 heavy (non-hydrogen) atoms. The van der Waals surface area contributed by atoms with Gasteiger partial charge in [0, 0.05) is 37.9 Å². The Morgan fingerprint density at radius 2 is 1.79 bits per heavy atom. The summed E-state index contributed by atoms with van der Waals surface area (Å²) in [6.45, 7) is 4.50. The Labute approximate surface area is 199 Å². The zero-order valence-corrected chi connectivity index (χ0v) is 20.5. The third-order valence-electron chi connectivity index (χ3n) is 6.60. The van der Waals surface area contributed by atoms with E-state index in [0.717, 1.165) is 24.8 Å². The van der Waals surface area contributed by atoms with Crippen LogP contribution in [0.1, 0.15) is 63.9 Å². The number of rotatable bonds is 6. The molecule has 3 heterocycles. The van der Waals surface area contributed by atoms with E-state index in [9.17, 15) is 22.8 Å². The van der Waals surface area contributed by atoms with Gasteiger partial charge in [-0.25, -0.2) is 13.2 Å². The summed E-state index contributed by atoms with van der Waals surface area (Å²) >= 11 is 0. The predicted octanol–water partition coefficient (Wildman–Crippen LogP) is 2.62. The number of aromatic amines is 1. The molecule has 0 spiro atoms. The lowest BCUT2D eigenvalue weighted by molar-refractivity contribution is -0.117. The maximum atomic E-state index is 13.2. The lowest BCUT2D eigenvalue weighted by atomic mass is 10.1. The number of ether oxygens (including phenoxy) is 1. The zero-order valence-electron chi connectivity index (χ0n) is 19.6. The lowest BCUT2D eigenvalue weighted by Crippen LogP contribution is -2.35. The number of aromatic nitrogens is 1. The van der Waals surface area contributed by atoms with Gasteiger partial charge in [-0.15, -0.1) is 0 Å². The summed E-state index contributed by atoms with van der Waals surface area (Å²) in [4.78, 5) is 42.2. The van der Waals surface area contributed by atoms with Gasteiger partial charge in [-0.1, -0.05) is 6.42 Å². The number of fused-ring (bicyclic) bond motifs is 1. The number of H-pyrrole nitrogens is 1. The molecular formula is C24H29N3O6S. The van der Waals surface area contributed by atoms with Crippen molar-refractivity contribution in [2.75, 3.05) is 31.6 Å². The Balaban J connectivity index is 1.58. The highest BCUT2D eigenvalue weighted by molar-refractivity contribution is 7.89. The molecule has 1 aromatic heterocycles. The molecule has 0 atom stereocenters. The van der Waals surface area contributed by atoms with Crippen molar-refractivity contribution in [2.24, 2.45) is 0 Å². The van der Waals surface area contributed by atoms with Gasteiger partial charge in [0.2, 0.25) is 15.9 Å². The number of sulfonamides is 1. The number of ketones is 1. The van der Waals surface area contributed by atoms with Gasteiger partial charge < -0.3 is 14.6 Å². The largest absolute Gasteiger partial charge is 0.465 e. The van der Waals surface area contributed by atoms with Gasteiger partial charge in [0.15, 0.2) is 5.78 Å². The van der Waals surface area contributed by atoms with Crippen LogP contribution < -0.4 is 4.90 Å². The van der Waals surface area contributed by atoms with Gasteiger partial charge in [0.1, 0.15) is 0 Å². The average molecular weight is 488 g/mol. The van der Waals surface area contributed by atoms with Gasteiger partial charge in [0.25, 0.3) is 0 Å². The van der Waals surface area contributed by atoms with Crippen LogP contribution in [0.4, 0.5) is 5.69 Å². The third kappa shape index (κ3) is 4.27. The molecule has 10 heteroatoms. The Morgan fingerprint density at radius 3 is 2.44 bits per heavy atom. The Hall–Kier alpha value is -2.98. The second-order valence-electron chi connectivity index (χ2n) is 8.75. The average Bonchev–Trinajstić information content (AvgIpc) is 3.39. The van der Waals surface area contributed by atoms with E-state index < -0.39 is 16.0 Å². The van der Waals surface area contributed by atoms with E-state index in [2.05, 4.69) is 4.98 Å². The molecule has 0 unspecified atom stereocenters. The van der Waals surface area contributed by atoms with Crippen molar-refractivity contribution in [1.82, 2.24) is 9.29 Å². The first-order valence-corrected chi connectivity index (χ1v) is 12.8.